The van der Waals surface area contributed by atoms with E-state index in [0.717, 1.165) is 10.9 Å². The molecule has 0 unspecified atom stereocenters. The molecule has 0 aliphatic carbocycles. The van der Waals surface area contributed by atoms with E-state index in [0.29, 0.717) is 17.4 Å². The molecule has 4 nitrogen and oxygen atoms in total. The van der Waals surface area contributed by atoms with Crippen LogP contribution >= 0.6 is 27.5 Å². The van der Waals surface area contributed by atoms with E-state index in [1.807, 2.05) is 4.90 Å². The second kappa shape index (κ2) is 5.52. The highest BCUT2D eigenvalue weighted by molar-refractivity contribution is 9.10. The number of pyridine rings is 1. The molecule has 6 heteroatoms. The molecule has 1 aliphatic heterocycles. The Labute approximate surface area is 114 Å². The third-order valence-electron chi connectivity index (χ3n) is 2.98. The van der Waals surface area contributed by atoms with Gasteiger partial charge in [-0.25, -0.2) is 4.98 Å². The number of aromatic nitrogens is 1. The minimum Gasteiger partial charge on any atom is -0.394 e. The lowest BCUT2D eigenvalue weighted by Crippen LogP contribution is -2.33. The van der Waals surface area contributed by atoms with Crippen LogP contribution in [-0.4, -0.2) is 42.5 Å². The predicted molar refractivity (Wildman–Crippen MR) is 70.6 cm³/mol. The van der Waals surface area contributed by atoms with E-state index in [2.05, 4.69) is 20.9 Å². The number of methoxy groups -OCH3 is 1. The molecule has 1 aliphatic rings. The highest BCUT2D eigenvalue weighted by atomic mass is 79.9. The van der Waals surface area contributed by atoms with Crippen LogP contribution in [0.1, 0.15) is 6.42 Å². The predicted octanol–water partition coefficient (Wildman–Crippen LogP) is 2.08. The summed E-state index contributed by atoms with van der Waals surface area (Å²) in [5.41, 5.74) is 0. The zero-order valence-electron chi connectivity index (χ0n) is 9.44. The minimum absolute atomic E-state index is 0.0196. The first kappa shape index (κ1) is 13.1. The summed E-state index contributed by atoms with van der Waals surface area (Å²) in [5.74, 6) is 0.702. The standard InChI is InChI=1S/C11H14BrClN2O2/c1-17-9-3-8(6-16)15(5-9)11-10(13)2-7(12)4-14-11/h2,4,8-9,16H,3,5-6H2,1H3/t8-,9-/m0/s1. The summed E-state index contributed by atoms with van der Waals surface area (Å²) in [7, 11) is 1.68. The van der Waals surface area contributed by atoms with Crippen LogP contribution in [0.3, 0.4) is 0 Å². The molecule has 2 heterocycles. The number of nitrogens with zero attached hydrogens (tertiary/aromatic N) is 2. The van der Waals surface area contributed by atoms with Crippen LogP contribution in [0.4, 0.5) is 5.82 Å². The lowest BCUT2D eigenvalue weighted by Gasteiger charge is -2.24. The van der Waals surface area contributed by atoms with Gasteiger partial charge in [-0.05, 0) is 28.4 Å². The van der Waals surface area contributed by atoms with Crippen LogP contribution in [0.25, 0.3) is 0 Å². The van der Waals surface area contributed by atoms with Gasteiger partial charge in [-0.1, -0.05) is 11.6 Å². The maximum absolute atomic E-state index is 9.38. The molecule has 0 radical (unpaired) electrons. The van der Waals surface area contributed by atoms with Gasteiger partial charge >= 0.3 is 0 Å². The topological polar surface area (TPSA) is 45.6 Å². The number of aliphatic hydroxyl groups excluding tert-OH is 1. The van der Waals surface area contributed by atoms with Gasteiger partial charge in [0.2, 0.25) is 0 Å². The molecule has 1 aromatic heterocycles. The van der Waals surface area contributed by atoms with Crippen molar-refractivity contribution in [3.63, 3.8) is 0 Å². The van der Waals surface area contributed by atoms with Crippen molar-refractivity contribution >= 4 is 33.3 Å². The molecule has 1 aromatic rings. The number of halogens is 2. The normalized spacial score (nSPS) is 24.4. The van der Waals surface area contributed by atoms with Gasteiger partial charge in [0.25, 0.3) is 0 Å². The molecule has 17 heavy (non-hydrogen) atoms. The zero-order chi connectivity index (χ0) is 12.4. The van der Waals surface area contributed by atoms with Gasteiger partial charge in [-0.15, -0.1) is 0 Å². The van der Waals surface area contributed by atoms with Crippen LogP contribution in [0.5, 0.6) is 0 Å². The average molecular weight is 322 g/mol. The molecule has 0 spiro atoms. The first-order valence-corrected chi connectivity index (χ1v) is 6.54. The smallest absolute Gasteiger partial charge is 0.147 e. The number of hydrogen-bond acceptors (Lipinski definition) is 4. The van der Waals surface area contributed by atoms with Gasteiger partial charge in [-0.3, -0.25) is 0 Å². The Kier molecular flexibility index (Phi) is 4.25. The van der Waals surface area contributed by atoms with E-state index in [9.17, 15) is 5.11 Å². The summed E-state index contributed by atoms with van der Waals surface area (Å²) in [4.78, 5) is 6.31. The van der Waals surface area contributed by atoms with E-state index in [-0.39, 0.29) is 18.8 Å². The molecule has 1 N–H and O–H groups in total. The molecule has 94 valence electrons. The fourth-order valence-electron chi connectivity index (χ4n) is 2.10. The maximum atomic E-state index is 9.38. The van der Waals surface area contributed by atoms with E-state index >= 15 is 0 Å². The van der Waals surface area contributed by atoms with Crippen molar-refractivity contribution in [3.8, 4) is 0 Å². The van der Waals surface area contributed by atoms with Crippen LogP contribution in [0, 0.1) is 0 Å². The summed E-state index contributed by atoms with van der Waals surface area (Å²) >= 11 is 9.49. The summed E-state index contributed by atoms with van der Waals surface area (Å²) in [6.45, 7) is 0.782. The van der Waals surface area contributed by atoms with Gasteiger partial charge < -0.3 is 14.7 Å². The third kappa shape index (κ3) is 2.73. The first-order chi connectivity index (χ1) is 8.15. The van der Waals surface area contributed by atoms with Crippen LogP contribution in [0.2, 0.25) is 5.02 Å². The van der Waals surface area contributed by atoms with Crippen molar-refractivity contribution in [1.82, 2.24) is 4.98 Å². The molecule has 0 bridgehead atoms. The minimum atomic E-state index is 0.0196. The Morgan fingerprint density at radius 2 is 2.47 bits per heavy atom. The summed E-state index contributed by atoms with van der Waals surface area (Å²) in [5, 5.41) is 9.96. The van der Waals surface area contributed by atoms with E-state index < -0.39 is 0 Å². The Hall–Kier alpha value is -0.360. The molecule has 1 fully saturated rings. The molecule has 1 saturated heterocycles. The van der Waals surface area contributed by atoms with Gasteiger partial charge in [0, 0.05) is 24.3 Å². The second-order valence-electron chi connectivity index (χ2n) is 4.04. The molecular formula is C11H14BrClN2O2. The van der Waals surface area contributed by atoms with Crippen LogP contribution < -0.4 is 4.90 Å². The summed E-state index contributed by atoms with van der Waals surface area (Å²) < 4.78 is 6.17. The molecule has 0 amide bonds. The molecular weight excluding hydrogens is 307 g/mol. The van der Waals surface area contributed by atoms with E-state index in [1.165, 1.54) is 0 Å². The summed E-state index contributed by atoms with van der Waals surface area (Å²) in [6.07, 6.45) is 2.62. The largest absolute Gasteiger partial charge is 0.394 e. The van der Waals surface area contributed by atoms with Gasteiger partial charge in [0.05, 0.1) is 23.8 Å². The summed E-state index contributed by atoms with van der Waals surface area (Å²) in [6, 6.07) is 1.82. The number of ether oxygens (including phenoxy) is 1. The molecule has 2 rings (SSSR count). The fourth-order valence-corrected chi connectivity index (χ4v) is 2.83. The zero-order valence-corrected chi connectivity index (χ0v) is 11.8. The van der Waals surface area contributed by atoms with Crippen molar-refractivity contribution in [2.45, 2.75) is 18.6 Å². The Morgan fingerprint density at radius 3 is 3.06 bits per heavy atom. The lowest BCUT2D eigenvalue weighted by molar-refractivity contribution is 0.115. The van der Waals surface area contributed by atoms with Gasteiger partial charge in [-0.2, -0.15) is 0 Å². The van der Waals surface area contributed by atoms with Crippen molar-refractivity contribution in [2.75, 3.05) is 25.2 Å². The molecule has 0 aromatic carbocycles. The number of hydrogen-bond donors (Lipinski definition) is 1. The Balaban J connectivity index is 2.26. The van der Waals surface area contributed by atoms with Crippen molar-refractivity contribution < 1.29 is 9.84 Å². The van der Waals surface area contributed by atoms with Gasteiger partial charge in [0.1, 0.15) is 5.82 Å². The quantitative estimate of drug-likeness (QED) is 0.926. The van der Waals surface area contributed by atoms with E-state index in [1.54, 1.807) is 19.4 Å². The SMILES string of the molecule is CO[C@H]1C[C@@H](CO)N(c2ncc(Br)cc2Cl)C1. The number of anilines is 1. The van der Waals surface area contributed by atoms with Crippen molar-refractivity contribution in [3.05, 3.63) is 21.8 Å². The maximum Gasteiger partial charge on any atom is 0.147 e. The number of rotatable bonds is 3. The third-order valence-corrected chi connectivity index (χ3v) is 3.69. The lowest BCUT2D eigenvalue weighted by atomic mass is 10.2. The van der Waals surface area contributed by atoms with Crippen molar-refractivity contribution in [2.24, 2.45) is 0 Å². The first-order valence-electron chi connectivity index (χ1n) is 5.37. The van der Waals surface area contributed by atoms with Gasteiger partial charge in [0.15, 0.2) is 0 Å². The number of aliphatic hydroxyl groups is 1. The molecule has 2 atom stereocenters. The van der Waals surface area contributed by atoms with Crippen LogP contribution in [0.15, 0.2) is 16.7 Å². The fraction of sp³-hybridized carbons (Fsp3) is 0.545. The highest BCUT2D eigenvalue weighted by Gasteiger charge is 2.33. The van der Waals surface area contributed by atoms with Crippen molar-refractivity contribution in [1.29, 1.82) is 0 Å². The second-order valence-corrected chi connectivity index (χ2v) is 5.36. The monoisotopic (exact) mass is 320 g/mol. The highest BCUT2D eigenvalue weighted by Crippen LogP contribution is 2.32. The Bertz CT molecular complexity index is 405. The van der Waals surface area contributed by atoms with Crippen LogP contribution in [-0.2, 0) is 4.74 Å². The van der Waals surface area contributed by atoms with E-state index in [4.69, 9.17) is 16.3 Å². The average Bonchev–Trinajstić information content (AvgIpc) is 2.72. The molecule has 0 saturated carbocycles. The Morgan fingerprint density at radius 1 is 1.71 bits per heavy atom.